The first-order valence-electron chi connectivity index (χ1n) is 10.0. The summed E-state index contributed by atoms with van der Waals surface area (Å²) in [6.07, 6.45) is 7.48. The van der Waals surface area contributed by atoms with E-state index in [-0.39, 0.29) is 5.75 Å². The number of nitrogens with one attached hydrogen (secondary N) is 1. The Bertz CT molecular complexity index is 577. The maximum atomic E-state index is 10.1. The van der Waals surface area contributed by atoms with Crippen molar-refractivity contribution in [1.82, 2.24) is 4.90 Å². The summed E-state index contributed by atoms with van der Waals surface area (Å²) < 4.78 is 11.1. The van der Waals surface area contributed by atoms with Crippen molar-refractivity contribution in [2.75, 3.05) is 32.1 Å². The first-order valence-corrected chi connectivity index (χ1v) is 10.0. The van der Waals surface area contributed by atoms with Crippen molar-refractivity contribution in [3.05, 3.63) is 18.2 Å². The van der Waals surface area contributed by atoms with E-state index in [0.29, 0.717) is 17.7 Å². The van der Waals surface area contributed by atoms with Crippen molar-refractivity contribution >= 4 is 5.69 Å². The van der Waals surface area contributed by atoms with Crippen LogP contribution in [0, 0.1) is 0 Å². The molecule has 2 aliphatic rings. The van der Waals surface area contributed by atoms with Crippen molar-refractivity contribution in [1.29, 1.82) is 0 Å². The van der Waals surface area contributed by atoms with Crippen molar-refractivity contribution < 1.29 is 14.6 Å². The number of hydrogen-bond donors (Lipinski definition) is 2. The molecule has 0 radical (unpaired) electrons. The van der Waals surface area contributed by atoms with Crippen molar-refractivity contribution in [3.8, 4) is 11.5 Å². The second-order valence-corrected chi connectivity index (χ2v) is 7.94. The van der Waals surface area contributed by atoms with Crippen LogP contribution in [0.15, 0.2) is 18.2 Å². The van der Waals surface area contributed by atoms with E-state index in [2.05, 4.69) is 24.1 Å². The zero-order valence-electron chi connectivity index (χ0n) is 16.5. The average Bonchev–Trinajstić information content (AvgIpc) is 2.66. The highest BCUT2D eigenvalue weighted by molar-refractivity contribution is 5.59. The molecule has 2 N–H and O–H groups in total. The summed E-state index contributed by atoms with van der Waals surface area (Å²) in [5, 5.41) is 13.6. The maximum absolute atomic E-state index is 10.1. The molecule has 1 heterocycles. The Kier molecular flexibility index (Phi) is 6.30. The molecule has 146 valence electrons. The van der Waals surface area contributed by atoms with E-state index in [1.54, 1.807) is 19.2 Å². The minimum atomic E-state index is 0.287. The summed E-state index contributed by atoms with van der Waals surface area (Å²) in [4.78, 5) is 2.68. The Morgan fingerprint density at radius 1 is 1.19 bits per heavy atom. The average molecular weight is 363 g/mol. The zero-order chi connectivity index (χ0) is 18.6. The number of piperidine rings is 1. The van der Waals surface area contributed by atoms with Gasteiger partial charge in [-0.2, -0.15) is 0 Å². The highest BCUT2D eigenvalue weighted by Crippen LogP contribution is 2.37. The van der Waals surface area contributed by atoms with E-state index in [4.69, 9.17) is 9.47 Å². The van der Waals surface area contributed by atoms with E-state index in [1.165, 1.54) is 25.7 Å². The standard InChI is InChI=1S/C21H34N2O3/c1-4-26-17-7-11-21(2,12-8-17)23-13-9-16(10-14-23)22-19-15-18(25-3)5-6-20(19)24/h5-6,15-17,22,24H,4,7-14H2,1-3H3/t17-,21-. The van der Waals surface area contributed by atoms with Crippen molar-refractivity contribution in [2.24, 2.45) is 0 Å². The van der Waals surface area contributed by atoms with Crippen LogP contribution in [0.25, 0.3) is 0 Å². The first kappa shape index (κ1) is 19.3. The Morgan fingerprint density at radius 2 is 1.88 bits per heavy atom. The predicted octanol–water partition coefficient (Wildman–Crippen LogP) is 4.01. The third-order valence-corrected chi connectivity index (χ3v) is 6.23. The van der Waals surface area contributed by atoms with Crippen molar-refractivity contribution in [3.63, 3.8) is 0 Å². The number of aromatic hydroxyl groups is 1. The molecule has 1 aliphatic carbocycles. The van der Waals surface area contributed by atoms with Gasteiger partial charge < -0.3 is 19.9 Å². The topological polar surface area (TPSA) is 54.0 Å². The molecule has 0 atom stereocenters. The van der Waals surface area contributed by atoms with Crippen LogP contribution >= 0.6 is 0 Å². The van der Waals surface area contributed by atoms with Gasteiger partial charge in [-0.05, 0) is 64.5 Å². The van der Waals surface area contributed by atoms with Crippen LogP contribution in [0.3, 0.4) is 0 Å². The predicted molar refractivity (Wildman–Crippen MR) is 105 cm³/mol. The van der Waals surface area contributed by atoms with E-state index in [1.807, 2.05) is 6.07 Å². The Morgan fingerprint density at radius 3 is 2.50 bits per heavy atom. The third kappa shape index (κ3) is 4.44. The van der Waals surface area contributed by atoms with Gasteiger partial charge in [-0.3, -0.25) is 4.90 Å². The van der Waals surface area contributed by atoms with Crippen LogP contribution in [-0.2, 0) is 4.74 Å². The molecule has 0 spiro atoms. The summed E-state index contributed by atoms with van der Waals surface area (Å²) >= 11 is 0. The van der Waals surface area contributed by atoms with Crippen LogP contribution < -0.4 is 10.1 Å². The molecule has 1 saturated heterocycles. The minimum Gasteiger partial charge on any atom is -0.506 e. The molecule has 3 rings (SSSR count). The zero-order valence-corrected chi connectivity index (χ0v) is 16.5. The number of rotatable bonds is 6. The molecule has 0 unspecified atom stereocenters. The highest BCUT2D eigenvalue weighted by atomic mass is 16.5. The molecular formula is C21H34N2O3. The molecule has 2 fully saturated rings. The number of hydrogen-bond acceptors (Lipinski definition) is 5. The number of methoxy groups -OCH3 is 1. The number of anilines is 1. The van der Waals surface area contributed by atoms with Crippen LogP contribution in [0.1, 0.15) is 52.4 Å². The van der Waals surface area contributed by atoms with Gasteiger partial charge in [0.2, 0.25) is 0 Å². The lowest BCUT2D eigenvalue weighted by atomic mass is 9.79. The van der Waals surface area contributed by atoms with E-state index < -0.39 is 0 Å². The fourth-order valence-corrected chi connectivity index (χ4v) is 4.47. The Balaban J connectivity index is 1.51. The summed E-state index contributed by atoms with van der Waals surface area (Å²) in [5.74, 6) is 1.05. The van der Waals surface area contributed by atoms with Gasteiger partial charge in [0, 0.05) is 37.3 Å². The Hall–Kier alpha value is -1.46. The van der Waals surface area contributed by atoms with Crippen LogP contribution in [0.4, 0.5) is 5.69 Å². The molecule has 5 nitrogen and oxygen atoms in total. The number of nitrogens with zero attached hydrogens (tertiary/aromatic N) is 1. The van der Waals surface area contributed by atoms with Gasteiger partial charge in [-0.15, -0.1) is 0 Å². The van der Waals surface area contributed by atoms with Gasteiger partial charge in [-0.1, -0.05) is 0 Å². The van der Waals surface area contributed by atoms with Gasteiger partial charge in [0.15, 0.2) is 0 Å². The van der Waals surface area contributed by atoms with E-state index in [0.717, 1.165) is 44.0 Å². The fraction of sp³-hybridized carbons (Fsp3) is 0.714. The lowest BCUT2D eigenvalue weighted by Gasteiger charge is -2.48. The van der Waals surface area contributed by atoms with Gasteiger partial charge in [-0.25, -0.2) is 0 Å². The lowest BCUT2D eigenvalue weighted by Crippen LogP contribution is -2.53. The smallest absolute Gasteiger partial charge is 0.138 e. The molecule has 1 aliphatic heterocycles. The van der Waals surface area contributed by atoms with E-state index >= 15 is 0 Å². The van der Waals surface area contributed by atoms with Crippen LogP contribution in [-0.4, -0.2) is 54.5 Å². The van der Waals surface area contributed by atoms with Gasteiger partial charge in [0.05, 0.1) is 18.9 Å². The Labute approximate surface area is 157 Å². The molecule has 26 heavy (non-hydrogen) atoms. The highest BCUT2D eigenvalue weighted by Gasteiger charge is 2.38. The maximum Gasteiger partial charge on any atom is 0.138 e. The van der Waals surface area contributed by atoms with Crippen LogP contribution in [0.5, 0.6) is 11.5 Å². The lowest BCUT2D eigenvalue weighted by molar-refractivity contribution is -0.0242. The molecule has 1 aromatic rings. The first-order chi connectivity index (χ1) is 12.5. The SMILES string of the molecule is CCO[C@H]1CC[C@](C)(N2CCC(Nc3cc(OC)ccc3O)CC2)CC1. The molecular weight excluding hydrogens is 328 g/mol. The number of phenolic OH excluding ortho intramolecular Hbond substituents is 1. The van der Waals surface area contributed by atoms with Crippen molar-refractivity contribution in [2.45, 2.75) is 70.1 Å². The summed E-state index contributed by atoms with van der Waals surface area (Å²) in [6, 6.07) is 5.74. The van der Waals surface area contributed by atoms with Crippen LogP contribution in [0.2, 0.25) is 0 Å². The normalized spacial score (nSPS) is 28.0. The summed E-state index contributed by atoms with van der Waals surface area (Å²) in [5.41, 5.74) is 1.09. The molecule has 5 heteroatoms. The molecule has 1 saturated carbocycles. The monoisotopic (exact) mass is 362 g/mol. The number of benzene rings is 1. The molecule has 1 aromatic carbocycles. The summed E-state index contributed by atoms with van der Waals surface area (Å²) in [6.45, 7) is 7.56. The third-order valence-electron chi connectivity index (χ3n) is 6.23. The quantitative estimate of drug-likeness (QED) is 0.749. The molecule has 0 bridgehead atoms. The van der Waals surface area contributed by atoms with E-state index in [9.17, 15) is 5.11 Å². The molecule has 0 aromatic heterocycles. The second kappa shape index (κ2) is 8.49. The summed E-state index contributed by atoms with van der Waals surface area (Å²) in [7, 11) is 1.65. The minimum absolute atomic E-state index is 0.287. The largest absolute Gasteiger partial charge is 0.506 e. The number of likely N-dealkylation sites (tertiary alicyclic amines) is 1. The fourth-order valence-electron chi connectivity index (χ4n) is 4.47. The number of phenols is 1. The molecule has 0 amide bonds. The van der Waals surface area contributed by atoms with Gasteiger partial charge in [0.1, 0.15) is 11.5 Å². The van der Waals surface area contributed by atoms with Gasteiger partial charge >= 0.3 is 0 Å². The second-order valence-electron chi connectivity index (χ2n) is 7.94. The number of ether oxygens (including phenoxy) is 2. The van der Waals surface area contributed by atoms with Gasteiger partial charge in [0.25, 0.3) is 0 Å².